The van der Waals surface area contributed by atoms with Crippen LogP contribution in [0.15, 0.2) is 0 Å². The maximum Gasteiger partial charge on any atom is 0.410 e. The van der Waals surface area contributed by atoms with E-state index in [1.807, 2.05) is 0 Å². The normalized spacial score (nSPS) is 25.9. The monoisotopic (exact) mass is 178 g/mol. The van der Waals surface area contributed by atoms with E-state index in [4.69, 9.17) is 4.74 Å². The Morgan fingerprint density at radius 3 is 2.45 bits per heavy atom. The van der Waals surface area contributed by atoms with Crippen LogP contribution in [0, 0.1) is 0 Å². The van der Waals surface area contributed by atoms with Crippen molar-refractivity contribution in [2.45, 2.75) is 5.60 Å². The lowest BCUT2D eigenvalue weighted by atomic mass is 9.98. The average Bonchev–Trinajstić information content (AvgIpc) is 2.08. The molecule has 0 aliphatic carbocycles. The zero-order valence-electron chi connectivity index (χ0n) is 6.29. The van der Waals surface area contributed by atoms with Gasteiger partial charge in [0, 0.05) is 20.1 Å². The number of carbonyl (C=O) groups excluding carboxylic acids is 1. The van der Waals surface area contributed by atoms with Crippen LogP contribution in [0.2, 0.25) is 0 Å². The summed E-state index contributed by atoms with van der Waals surface area (Å²) in [5.74, 6) is 0. The molecule has 0 bridgehead atoms. The number of carbonyl (C=O) groups is 1. The van der Waals surface area contributed by atoms with Gasteiger partial charge in [0.1, 0.15) is 0 Å². The predicted molar refractivity (Wildman–Crippen MR) is 42.0 cm³/mol. The Bertz CT molecular complexity index is 181. The van der Waals surface area contributed by atoms with Crippen molar-refractivity contribution >= 4 is 18.5 Å². The number of nitrogens with one attached hydrogen (secondary N) is 1. The molecule has 0 aromatic carbocycles. The highest BCUT2D eigenvalue weighted by atomic mass is 35.5. The van der Waals surface area contributed by atoms with Gasteiger partial charge in [-0.25, -0.2) is 4.79 Å². The first kappa shape index (κ1) is 8.62. The van der Waals surface area contributed by atoms with Crippen molar-refractivity contribution in [3.8, 4) is 0 Å². The first-order valence-electron chi connectivity index (χ1n) is 3.37. The molecule has 1 N–H and O–H groups in total. The molecule has 2 aliphatic rings. The highest BCUT2D eigenvalue weighted by Crippen LogP contribution is 2.24. The number of hydrogen-bond donors (Lipinski definition) is 1. The summed E-state index contributed by atoms with van der Waals surface area (Å²) in [6.07, 6.45) is -0.193. The topological polar surface area (TPSA) is 41.6 Å². The van der Waals surface area contributed by atoms with Crippen molar-refractivity contribution in [2.75, 3.05) is 26.7 Å². The Morgan fingerprint density at radius 1 is 1.64 bits per heavy atom. The predicted octanol–water partition coefficient (Wildman–Crippen LogP) is -0.168. The van der Waals surface area contributed by atoms with Crippen LogP contribution in [0.3, 0.4) is 0 Å². The number of ether oxygens (including phenoxy) is 1. The van der Waals surface area contributed by atoms with Crippen LogP contribution in [-0.2, 0) is 4.74 Å². The van der Waals surface area contributed by atoms with E-state index in [1.165, 1.54) is 0 Å². The average molecular weight is 179 g/mol. The summed E-state index contributed by atoms with van der Waals surface area (Å²) in [5, 5.41) is 3.08. The Morgan fingerprint density at radius 2 is 2.27 bits per heavy atom. The molecule has 1 spiro atoms. The molecule has 1 amide bonds. The van der Waals surface area contributed by atoms with Crippen LogP contribution in [0.25, 0.3) is 0 Å². The second kappa shape index (κ2) is 2.53. The van der Waals surface area contributed by atoms with Crippen LogP contribution < -0.4 is 5.32 Å². The number of likely N-dealkylation sites (N-methyl/N-ethyl adjacent to an activating group) is 1. The van der Waals surface area contributed by atoms with Gasteiger partial charge < -0.3 is 15.0 Å². The third kappa shape index (κ3) is 1.16. The molecule has 11 heavy (non-hydrogen) atoms. The zero-order valence-corrected chi connectivity index (χ0v) is 7.11. The largest absolute Gasteiger partial charge is 0.438 e. The quantitative estimate of drug-likeness (QED) is 0.560. The third-order valence-corrected chi connectivity index (χ3v) is 2.04. The zero-order chi connectivity index (χ0) is 7.19. The maximum atomic E-state index is 10.9. The fourth-order valence-electron chi connectivity index (χ4n) is 1.38. The first-order valence-corrected chi connectivity index (χ1v) is 3.37. The summed E-state index contributed by atoms with van der Waals surface area (Å²) < 4.78 is 5.12. The molecule has 64 valence electrons. The van der Waals surface area contributed by atoms with Gasteiger partial charge in [-0.05, 0) is 0 Å². The second-order valence-electron chi connectivity index (χ2n) is 3.01. The van der Waals surface area contributed by atoms with Crippen LogP contribution >= 0.6 is 12.4 Å². The molecule has 0 saturated carbocycles. The molecular formula is C6H11ClN2O2. The van der Waals surface area contributed by atoms with E-state index < -0.39 is 0 Å². The lowest BCUT2D eigenvalue weighted by Crippen LogP contribution is -2.61. The minimum atomic E-state index is -0.193. The molecule has 2 aliphatic heterocycles. The molecular weight excluding hydrogens is 168 g/mol. The van der Waals surface area contributed by atoms with E-state index in [0.29, 0.717) is 0 Å². The van der Waals surface area contributed by atoms with Gasteiger partial charge in [-0.15, -0.1) is 12.4 Å². The van der Waals surface area contributed by atoms with Gasteiger partial charge in [-0.3, -0.25) is 0 Å². The first-order chi connectivity index (χ1) is 4.72. The van der Waals surface area contributed by atoms with E-state index in [9.17, 15) is 4.79 Å². The lowest BCUT2D eigenvalue weighted by molar-refractivity contribution is 0.0141. The van der Waals surface area contributed by atoms with Gasteiger partial charge in [0.2, 0.25) is 0 Å². The maximum absolute atomic E-state index is 10.9. The van der Waals surface area contributed by atoms with Gasteiger partial charge in [-0.2, -0.15) is 0 Å². The molecule has 2 heterocycles. The summed E-state index contributed by atoms with van der Waals surface area (Å²) in [4.78, 5) is 12.5. The number of rotatable bonds is 0. The number of nitrogens with zero attached hydrogens (tertiary/aromatic N) is 1. The van der Waals surface area contributed by atoms with E-state index in [0.717, 1.165) is 19.6 Å². The molecule has 0 aromatic rings. The van der Waals surface area contributed by atoms with Crippen molar-refractivity contribution in [3.63, 3.8) is 0 Å². The van der Waals surface area contributed by atoms with Crippen molar-refractivity contribution in [1.29, 1.82) is 0 Å². The molecule has 0 atom stereocenters. The van der Waals surface area contributed by atoms with Crippen LogP contribution in [0.1, 0.15) is 0 Å². The Labute approximate surface area is 71.3 Å². The van der Waals surface area contributed by atoms with E-state index in [1.54, 1.807) is 11.9 Å². The number of amides is 1. The Kier molecular flexibility index (Phi) is 1.98. The van der Waals surface area contributed by atoms with E-state index >= 15 is 0 Å². The lowest BCUT2D eigenvalue weighted by Gasteiger charge is -2.35. The van der Waals surface area contributed by atoms with Crippen LogP contribution in [0.5, 0.6) is 0 Å². The van der Waals surface area contributed by atoms with Gasteiger partial charge in [0.05, 0.1) is 6.54 Å². The molecule has 4 nitrogen and oxygen atoms in total. The standard InChI is InChI=1S/C6H10N2O2.ClH/c1-8-4-6(2-7-3-6)10-5(8)9;/h7H,2-4H2,1H3;1H. The Balaban J connectivity index is 0.000000605. The fourth-order valence-corrected chi connectivity index (χ4v) is 1.38. The molecule has 0 radical (unpaired) electrons. The SMILES string of the molecule is CN1CC2(CNC2)OC1=O.Cl. The molecule has 0 aromatic heterocycles. The van der Waals surface area contributed by atoms with E-state index in [2.05, 4.69) is 5.32 Å². The third-order valence-electron chi connectivity index (χ3n) is 2.04. The van der Waals surface area contributed by atoms with Gasteiger partial charge in [0.15, 0.2) is 5.60 Å². The van der Waals surface area contributed by atoms with Crippen molar-refractivity contribution in [1.82, 2.24) is 10.2 Å². The van der Waals surface area contributed by atoms with E-state index in [-0.39, 0.29) is 24.1 Å². The van der Waals surface area contributed by atoms with Gasteiger partial charge in [0.25, 0.3) is 0 Å². The summed E-state index contributed by atoms with van der Waals surface area (Å²) in [7, 11) is 1.76. The van der Waals surface area contributed by atoms with Gasteiger partial charge >= 0.3 is 6.09 Å². The number of halogens is 1. The summed E-state index contributed by atoms with van der Waals surface area (Å²) in [5.41, 5.74) is -0.175. The van der Waals surface area contributed by atoms with Crippen molar-refractivity contribution < 1.29 is 9.53 Å². The van der Waals surface area contributed by atoms with Crippen molar-refractivity contribution in [3.05, 3.63) is 0 Å². The minimum absolute atomic E-state index is 0. The Hall–Kier alpha value is -0.480. The summed E-state index contributed by atoms with van der Waals surface area (Å²) in [6.45, 7) is 2.35. The number of hydrogen-bond acceptors (Lipinski definition) is 3. The highest BCUT2D eigenvalue weighted by Gasteiger charge is 2.48. The van der Waals surface area contributed by atoms with Crippen LogP contribution in [-0.4, -0.2) is 43.3 Å². The van der Waals surface area contributed by atoms with Crippen molar-refractivity contribution in [2.24, 2.45) is 0 Å². The summed E-state index contributed by atoms with van der Waals surface area (Å²) in [6, 6.07) is 0. The minimum Gasteiger partial charge on any atom is -0.438 e. The molecule has 5 heteroatoms. The van der Waals surface area contributed by atoms with Gasteiger partial charge in [-0.1, -0.05) is 0 Å². The molecule has 0 unspecified atom stereocenters. The molecule has 2 fully saturated rings. The van der Waals surface area contributed by atoms with Crippen LogP contribution in [0.4, 0.5) is 4.79 Å². The smallest absolute Gasteiger partial charge is 0.410 e. The highest BCUT2D eigenvalue weighted by molar-refractivity contribution is 5.85. The molecule has 2 rings (SSSR count). The summed E-state index contributed by atoms with van der Waals surface area (Å²) >= 11 is 0. The molecule has 2 saturated heterocycles. The fraction of sp³-hybridized carbons (Fsp3) is 0.833. The second-order valence-corrected chi connectivity index (χ2v) is 3.01.